The van der Waals surface area contributed by atoms with Gasteiger partial charge >= 0.3 is 0 Å². The minimum absolute atomic E-state index is 0.167. The quantitative estimate of drug-likeness (QED) is 0.613. The normalized spacial score (nSPS) is 11.6. The number of nitrogens with zero attached hydrogens (tertiary/aromatic N) is 1. The molecule has 1 aromatic rings. The van der Waals surface area contributed by atoms with Crippen molar-refractivity contribution in [2.45, 2.75) is 13.0 Å². The fourth-order valence-corrected chi connectivity index (χ4v) is 1.30. The van der Waals surface area contributed by atoms with E-state index >= 15 is 0 Å². The molecule has 1 atom stereocenters. The Hall–Kier alpha value is -1.12. The van der Waals surface area contributed by atoms with Gasteiger partial charge in [0.2, 0.25) is 6.08 Å². The van der Waals surface area contributed by atoms with Gasteiger partial charge in [-0.2, -0.15) is 4.99 Å². The number of halogens is 1. The summed E-state index contributed by atoms with van der Waals surface area (Å²) < 4.78 is 6.32. The molecule has 0 saturated carbocycles. The second kappa shape index (κ2) is 5.58. The second-order valence-corrected chi connectivity index (χ2v) is 3.67. The van der Waals surface area contributed by atoms with Gasteiger partial charge in [-0.1, -0.05) is 12.1 Å². The van der Waals surface area contributed by atoms with Crippen molar-refractivity contribution in [3.63, 3.8) is 0 Å². The first-order valence-corrected chi connectivity index (χ1v) is 4.97. The van der Waals surface area contributed by atoms with Crippen molar-refractivity contribution >= 4 is 22.0 Å². The molecule has 74 valence electrons. The second-order valence-electron chi connectivity index (χ2n) is 2.81. The van der Waals surface area contributed by atoms with Crippen LogP contribution in [0.5, 0.6) is 5.75 Å². The molecule has 0 saturated heterocycles. The molecule has 14 heavy (non-hydrogen) atoms. The van der Waals surface area contributed by atoms with Crippen LogP contribution in [0.4, 0.5) is 0 Å². The number of isocyanates is 1. The van der Waals surface area contributed by atoms with Gasteiger partial charge in [0.25, 0.3) is 0 Å². The van der Waals surface area contributed by atoms with Crippen LogP contribution in [-0.4, -0.2) is 18.7 Å². The number of benzene rings is 1. The summed E-state index contributed by atoms with van der Waals surface area (Å²) >= 11 is 3.35. The third kappa shape index (κ3) is 3.32. The summed E-state index contributed by atoms with van der Waals surface area (Å²) in [6.07, 6.45) is 1.50. The maximum absolute atomic E-state index is 9.94. The number of hydrogen-bond donors (Lipinski definition) is 0. The van der Waals surface area contributed by atoms with E-state index in [0.717, 1.165) is 10.2 Å². The smallest absolute Gasteiger partial charge is 0.235 e. The first-order chi connectivity index (χ1) is 6.74. The number of para-hydroxylation sites is 1. The van der Waals surface area contributed by atoms with Crippen LogP contribution in [0.25, 0.3) is 0 Å². The van der Waals surface area contributed by atoms with Crippen LogP contribution in [0.2, 0.25) is 0 Å². The van der Waals surface area contributed by atoms with Gasteiger partial charge < -0.3 is 4.74 Å². The molecule has 0 fully saturated rings. The average molecular weight is 256 g/mol. The molecule has 1 unspecified atom stereocenters. The highest BCUT2D eigenvalue weighted by Crippen LogP contribution is 2.23. The van der Waals surface area contributed by atoms with Crippen LogP contribution in [-0.2, 0) is 4.79 Å². The summed E-state index contributed by atoms with van der Waals surface area (Å²) in [4.78, 5) is 13.5. The Labute approximate surface area is 90.9 Å². The van der Waals surface area contributed by atoms with Gasteiger partial charge in [0.05, 0.1) is 10.5 Å². The van der Waals surface area contributed by atoms with E-state index in [1.165, 1.54) is 6.08 Å². The lowest BCUT2D eigenvalue weighted by Gasteiger charge is -2.09. The van der Waals surface area contributed by atoms with Gasteiger partial charge in [-0.05, 0) is 35.0 Å². The van der Waals surface area contributed by atoms with Crippen LogP contribution in [0.3, 0.4) is 0 Å². The minimum atomic E-state index is -0.167. The molecule has 3 nitrogen and oxygen atoms in total. The van der Waals surface area contributed by atoms with Gasteiger partial charge in [0.15, 0.2) is 0 Å². The molecule has 1 aromatic carbocycles. The first-order valence-electron chi connectivity index (χ1n) is 4.18. The molecule has 0 aliphatic heterocycles. The standard InChI is InChI=1S/C10H10BrNO2/c1-8(12-7-13)6-14-10-5-3-2-4-9(10)11/h2-5,8H,6H2,1H3. The van der Waals surface area contributed by atoms with Crippen LogP contribution in [0, 0.1) is 0 Å². The maximum atomic E-state index is 9.94. The average Bonchev–Trinajstić information content (AvgIpc) is 2.17. The molecule has 4 heteroatoms. The van der Waals surface area contributed by atoms with Crippen molar-refractivity contribution in [1.29, 1.82) is 0 Å². The third-order valence-electron chi connectivity index (χ3n) is 1.59. The topological polar surface area (TPSA) is 38.7 Å². The van der Waals surface area contributed by atoms with E-state index < -0.39 is 0 Å². The molecule has 0 aliphatic carbocycles. The Morgan fingerprint density at radius 2 is 2.29 bits per heavy atom. The predicted octanol–water partition coefficient (Wildman–Crippen LogP) is 2.55. The molecule has 0 N–H and O–H groups in total. The molecule has 0 spiro atoms. The monoisotopic (exact) mass is 255 g/mol. The van der Waals surface area contributed by atoms with E-state index in [9.17, 15) is 4.79 Å². The molecule has 0 heterocycles. The predicted molar refractivity (Wildman–Crippen MR) is 57.2 cm³/mol. The van der Waals surface area contributed by atoms with Crippen LogP contribution < -0.4 is 4.74 Å². The highest BCUT2D eigenvalue weighted by atomic mass is 79.9. The lowest BCUT2D eigenvalue weighted by Crippen LogP contribution is -2.11. The van der Waals surface area contributed by atoms with Crippen molar-refractivity contribution < 1.29 is 9.53 Å². The van der Waals surface area contributed by atoms with E-state index in [2.05, 4.69) is 20.9 Å². The lowest BCUT2D eigenvalue weighted by atomic mass is 10.3. The van der Waals surface area contributed by atoms with Gasteiger partial charge in [-0.3, -0.25) is 0 Å². The number of rotatable bonds is 4. The van der Waals surface area contributed by atoms with Crippen LogP contribution in [0.1, 0.15) is 6.92 Å². The van der Waals surface area contributed by atoms with Crippen molar-refractivity contribution in [2.24, 2.45) is 4.99 Å². The lowest BCUT2D eigenvalue weighted by molar-refractivity contribution is 0.295. The molecule has 1 rings (SSSR count). The van der Waals surface area contributed by atoms with Gasteiger partial charge in [-0.15, -0.1) is 0 Å². The Bertz CT molecular complexity index is 348. The number of hydrogen-bond acceptors (Lipinski definition) is 3. The van der Waals surface area contributed by atoms with Crippen molar-refractivity contribution in [3.05, 3.63) is 28.7 Å². The zero-order valence-electron chi connectivity index (χ0n) is 7.74. The Morgan fingerprint density at radius 1 is 1.57 bits per heavy atom. The van der Waals surface area contributed by atoms with Crippen molar-refractivity contribution in [1.82, 2.24) is 0 Å². The molecule has 0 bridgehead atoms. The Morgan fingerprint density at radius 3 is 2.93 bits per heavy atom. The van der Waals surface area contributed by atoms with Crippen LogP contribution >= 0.6 is 15.9 Å². The SMILES string of the molecule is CC(COc1ccccc1Br)N=C=O. The van der Waals surface area contributed by atoms with Gasteiger partial charge in [0, 0.05) is 0 Å². The summed E-state index contributed by atoms with van der Waals surface area (Å²) in [5, 5.41) is 0. The summed E-state index contributed by atoms with van der Waals surface area (Å²) in [7, 11) is 0. The molecule has 0 amide bonds. The zero-order chi connectivity index (χ0) is 10.4. The molecular weight excluding hydrogens is 246 g/mol. The third-order valence-corrected chi connectivity index (χ3v) is 2.24. The van der Waals surface area contributed by atoms with Crippen molar-refractivity contribution in [2.75, 3.05) is 6.61 Å². The molecule has 0 aliphatic rings. The maximum Gasteiger partial charge on any atom is 0.235 e. The summed E-state index contributed by atoms with van der Waals surface area (Å²) in [5.74, 6) is 0.750. The summed E-state index contributed by atoms with van der Waals surface area (Å²) in [6, 6.07) is 7.36. The highest BCUT2D eigenvalue weighted by Gasteiger charge is 2.02. The number of ether oxygens (including phenoxy) is 1. The summed E-state index contributed by atoms with van der Waals surface area (Å²) in [6.45, 7) is 2.17. The zero-order valence-corrected chi connectivity index (χ0v) is 9.32. The number of aliphatic imine (C=N–C) groups is 1. The van der Waals surface area contributed by atoms with E-state index in [1.54, 1.807) is 6.92 Å². The number of carbonyl (C=O) groups excluding carboxylic acids is 1. The Balaban J connectivity index is 2.53. The summed E-state index contributed by atoms with van der Waals surface area (Å²) in [5.41, 5.74) is 0. The fourth-order valence-electron chi connectivity index (χ4n) is 0.899. The fraction of sp³-hybridized carbons (Fsp3) is 0.300. The Kier molecular flexibility index (Phi) is 4.36. The first kappa shape index (κ1) is 11.0. The van der Waals surface area contributed by atoms with E-state index in [0.29, 0.717) is 6.61 Å². The largest absolute Gasteiger partial charge is 0.490 e. The molecular formula is C10H10BrNO2. The van der Waals surface area contributed by atoms with Crippen LogP contribution in [0.15, 0.2) is 33.7 Å². The van der Waals surface area contributed by atoms with E-state index in [-0.39, 0.29) is 6.04 Å². The highest BCUT2D eigenvalue weighted by molar-refractivity contribution is 9.10. The van der Waals surface area contributed by atoms with E-state index in [1.807, 2.05) is 24.3 Å². The molecule has 0 aromatic heterocycles. The molecule has 0 radical (unpaired) electrons. The van der Waals surface area contributed by atoms with Crippen molar-refractivity contribution in [3.8, 4) is 5.75 Å². The van der Waals surface area contributed by atoms with Gasteiger partial charge in [0.1, 0.15) is 12.4 Å². The minimum Gasteiger partial charge on any atom is -0.490 e. The van der Waals surface area contributed by atoms with Gasteiger partial charge in [-0.25, -0.2) is 4.79 Å². The van der Waals surface area contributed by atoms with E-state index in [4.69, 9.17) is 4.74 Å².